The summed E-state index contributed by atoms with van der Waals surface area (Å²) in [5, 5.41) is 7.97. The molecule has 1 aromatic heterocycles. The van der Waals surface area contributed by atoms with E-state index in [1.54, 1.807) is 0 Å². The lowest BCUT2D eigenvalue weighted by Crippen LogP contribution is -2.26. The topological polar surface area (TPSA) is 39.1 Å². The number of rotatable bonds is 6. The molecule has 1 atom stereocenters. The second kappa shape index (κ2) is 7.77. The highest BCUT2D eigenvalue weighted by Gasteiger charge is 2.14. The Hall–Kier alpha value is -0.580. The highest BCUT2D eigenvalue weighted by molar-refractivity contribution is 5.85. The minimum absolute atomic E-state index is 0. The number of nitrogens with zero attached hydrogens (tertiary/aromatic N) is 2. The Bertz CT molecular complexity index is 348. The van der Waals surface area contributed by atoms with E-state index in [1.165, 1.54) is 18.5 Å². The van der Waals surface area contributed by atoms with Crippen LogP contribution in [0.15, 0.2) is 6.07 Å². The summed E-state index contributed by atoms with van der Waals surface area (Å²) >= 11 is 0. The number of hydrogen-bond acceptors (Lipinski definition) is 3. The van der Waals surface area contributed by atoms with Crippen LogP contribution in [0.5, 0.6) is 0 Å². The summed E-state index contributed by atoms with van der Waals surface area (Å²) in [6.45, 7) is 8.01. The van der Waals surface area contributed by atoms with Crippen LogP contribution < -0.4 is 5.32 Å². The van der Waals surface area contributed by atoms with Gasteiger partial charge < -0.3 is 10.1 Å². The van der Waals surface area contributed by atoms with Gasteiger partial charge in [-0.2, -0.15) is 5.10 Å². The number of halogens is 1. The van der Waals surface area contributed by atoms with Gasteiger partial charge in [-0.05, 0) is 32.3 Å². The van der Waals surface area contributed by atoms with E-state index in [2.05, 4.69) is 35.0 Å². The van der Waals surface area contributed by atoms with Gasteiger partial charge in [0.05, 0.1) is 17.5 Å². The van der Waals surface area contributed by atoms with Gasteiger partial charge in [0.2, 0.25) is 0 Å². The van der Waals surface area contributed by atoms with Crippen LogP contribution in [0.25, 0.3) is 0 Å². The highest BCUT2D eigenvalue weighted by atomic mass is 35.5. The summed E-state index contributed by atoms with van der Waals surface area (Å²) in [6, 6.07) is 2.16. The van der Waals surface area contributed by atoms with Crippen molar-refractivity contribution in [2.24, 2.45) is 0 Å². The van der Waals surface area contributed by atoms with Crippen LogP contribution >= 0.6 is 12.4 Å². The maximum absolute atomic E-state index is 5.59. The van der Waals surface area contributed by atoms with Crippen molar-refractivity contribution in [3.63, 3.8) is 0 Å². The predicted molar refractivity (Wildman–Crippen MR) is 75.2 cm³/mol. The number of nitrogens with one attached hydrogen (secondary N) is 1. The Kier molecular flexibility index (Phi) is 6.68. The lowest BCUT2D eigenvalue weighted by molar-refractivity contribution is 0.109. The fourth-order valence-corrected chi connectivity index (χ4v) is 2.31. The smallest absolute Gasteiger partial charge is 0.0700 e. The highest BCUT2D eigenvalue weighted by Crippen LogP contribution is 2.11. The molecule has 4 nitrogen and oxygen atoms in total. The normalized spacial score (nSPS) is 18.9. The molecule has 1 saturated heterocycles. The SMILES string of the molecule is CCCn1nc(C)cc1CNCC1CCCO1.Cl. The molecule has 0 bridgehead atoms. The van der Waals surface area contributed by atoms with E-state index in [9.17, 15) is 0 Å². The molecule has 0 aromatic carbocycles. The van der Waals surface area contributed by atoms with Gasteiger partial charge >= 0.3 is 0 Å². The van der Waals surface area contributed by atoms with E-state index in [1.807, 2.05) is 0 Å². The Morgan fingerprint density at radius 3 is 3.06 bits per heavy atom. The molecule has 5 heteroatoms. The van der Waals surface area contributed by atoms with Gasteiger partial charge in [0, 0.05) is 26.2 Å². The molecule has 104 valence electrons. The fraction of sp³-hybridized carbons (Fsp3) is 0.769. The third-order valence-corrected chi connectivity index (χ3v) is 3.12. The molecule has 1 unspecified atom stereocenters. The second-order valence-electron chi connectivity index (χ2n) is 4.77. The summed E-state index contributed by atoms with van der Waals surface area (Å²) in [4.78, 5) is 0. The maximum atomic E-state index is 5.59. The van der Waals surface area contributed by atoms with E-state index >= 15 is 0 Å². The number of ether oxygens (including phenoxy) is 1. The zero-order chi connectivity index (χ0) is 12.1. The largest absolute Gasteiger partial charge is 0.377 e. The van der Waals surface area contributed by atoms with E-state index in [-0.39, 0.29) is 12.4 Å². The molecule has 1 N–H and O–H groups in total. The van der Waals surface area contributed by atoms with E-state index in [0.29, 0.717) is 6.10 Å². The molecule has 1 aliphatic rings. The van der Waals surface area contributed by atoms with Crippen molar-refractivity contribution in [1.29, 1.82) is 0 Å². The Balaban J connectivity index is 0.00000162. The molecule has 2 heterocycles. The molecule has 1 aromatic rings. The summed E-state index contributed by atoms with van der Waals surface area (Å²) in [7, 11) is 0. The number of aryl methyl sites for hydroxylation is 2. The van der Waals surface area contributed by atoms with Crippen LogP contribution in [0.3, 0.4) is 0 Å². The molecule has 0 amide bonds. The van der Waals surface area contributed by atoms with Crippen molar-refractivity contribution < 1.29 is 4.74 Å². The first kappa shape index (κ1) is 15.5. The van der Waals surface area contributed by atoms with Crippen molar-refractivity contribution in [2.45, 2.75) is 52.3 Å². The van der Waals surface area contributed by atoms with E-state index in [4.69, 9.17) is 4.74 Å². The zero-order valence-corrected chi connectivity index (χ0v) is 12.1. The quantitative estimate of drug-likeness (QED) is 0.864. The average Bonchev–Trinajstić information content (AvgIpc) is 2.90. The molecule has 0 aliphatic carbocycles. The Morgan fingerprint density at radius 1 is 1.56 bits per heavy atom. The first-order chi connectivity index (χ1) is 8.29. The monoisotopic (exact) mass is 273 g/mol. The molecule has 18 heavy (non-hydrogen) atoms. The first-order valence-electron chi connectivity index (χ1n) is 6.65. The molecule has 0 spiro atoms. The number of hydrogen-bond donors (Lipinski definition) is 1. The van der Waals surface area contributed by atoms with Crippen molar-refractivity contribution in [3.8, 4) is 0 Å². The summed E-state index contributed by atoms with van der Waals surface area (Å²) in [5.74, 6) is 0. The van der Waals surface area contributed by atoms with Crippen molar-refractivity contribution in [1.82, 2.24) is 15.1 Å². The minimum atomic E-state index is 0. The maximum Gasteiger partial charge on any atom is 0.0700 e. The summed E-state index contributed by atoms with van der Waals surface area (Å²) < 4.78 is 7.70. The number of aromatic nitrogens is 2. The van der Waals surface area contributed by atoms with Crippen LogP contribution in [0, 0.1) is 6.92 Å². The van der Waals surface area contributed by atoms with Gasteiger partial charge in [-0.3, -0.25) is 4.68 Å². The van der Waals surface area contributed by atoms with Gasteiger partial charge in [-0.25, -0.2) is 0 Å². The zero-order valence-electron chi connectivity index (χ0n) is 11.3. The first-order valence-corrected chi connectivity index (χ1v) is 6.65. The van der Waals surface area contributed by atoms with Gasteiger partial charge in [0.1, 0.15) is 0 Å². The van der Waals surface area contributed by atoms with Crippen LogP contribution in [0.1, 0.15) is 37.6 Å². The molecule has 0 radical (unpaired) electrons. The van der Waals surface area contributed by atoms with Gasteiger partial charge in [0.25, 0.3) is 0 Å². The minimum Gasteiger partial charge on any atom is -0.377 e. The van der Waals surface area contributed by atoms with Crippen LogP contribution in [0.2, 0.25) is 0 Å². The third kappa shape index (κ3) is 4.26. The molecule has 0 saturated carbocycles. The van der Waals surface area contributed by atoms with Crippen molar-refractivity contribution >= 4 is 12.4 Å². The molecule has 1 aliphatic heterocycles. The van der Waals surface area contributed by atoms with Crippen LogP contribution in [-0.2, 0) is 17.8 Å². The lowest BCUT2D eigenvalue weighted by Gasteiger charge is -2.11. The van der Waals surface area contributed by atoms with Crippen molar-refractivity contribution in [2.75, 3.05) is 13.2 Å². The fourth-order valence-electron chi connectivity index (χ4n) is 2.31. The van der Waals surface area contributed by atoms with E-state index < -0.39 is 0 Å². The van der Waals surface area contributed by atoms with E-state index in [0.717, 1.165) is 38.4 Å². The third-order valence-electron chi connectivity index (χ3n) is 3.12. The summed E-state index contributed by atoms with van der Waals surface area (Å²) in [5.41, 5.74) is 2.38. The molecule has 1 fully saturated rings. The second-order valence-corrected chi connectivity index (χ2v) is 4.77. The van der Waals surface area contributed by atoms with Crippen LogP contribution in [-0.4, -0.2) is 29.0 Å². The molecular formula is C13H24ClN3O. The van der Waals surface area contributed by atoms with Crippen LogP contribution in [0.4, 0.5) is 0 Å². The average molecular weight is 274 g/mol. The Labute approximate surface area is 115 Å². The molecule has 2 rings (SSSR count). The van der Waals surface area contributed by atoms with Gasteiger partial charge in [-0.15, -0.1) is 12.4 Å². The molecular weight excluding hydrogens is 250 g/mol. The van der Waals surface area contributed by atoms with Gasteiger partial charge in [0.15, 0.2) is 0 Å². The lowest BCUT2D eigenvalue weighted by atomic mass is 10.2. The van der Waals surface area contributed by atoms with Gasteiger partial charge in [-0.1, -0.05) is 6.92 Å². The predicted octanol–water partition coefficient (Wildman–Crippen LogP) is 2.29. The van der Waals surface area contributed by atoms with Crippen molar-refractivity contribution in [3.05, 3.63) is 17.5 Å². The standard InChI is InChI=1S/C13H23N3O.ClH/c1-3-6-16-12(8-11(2)15-16)9-14-10-13-5-4-7-17-13;/h8,13-14H,3-7,9-10H2,1-2H3;1H. The Morgan fingerprint density at radius 2 is 2.39 bits per heavy atom. The summed E-state index contributed by atoms with van der Waals surface area (Å²) in [6.07, 6.45) is 3.94.